The van der Waals surface area contributed by atoms with Crippen molar-refractivity contribution in [3.05, 3.63) is 65.0 Å². The zero-order valence-electron chi connectivity index (χ0n) is 18.1. The van der Waals surface area contributed by atoms with Crippen molar-refractivity contribution in [1.82, 2.24) is 9.47 Å². The number of fused-ring (bicyclic) bond motifs is 2. The van der Waals surface area contributed by atoms with Gasteiger partial charge in [0.2, 0.25) is 5.78 Å². The standard InChI is InChI=1S/C26H28N2O3/c1-3-28-15-18(19-8-4-5-9-22(19)28)13-24-25(30)20-10-11-23(29)21(26(20)31-24)16-27-12-6-7-17(2)14-27/h4-5,8-11,13,15,17,29H,3,6-7,12,14,16H2,1-2H3/b24-13+/t17-/m1/s1. The number of piperidine rings is 1. The molecule has 31 heavy (non-hydrogen) atoms. The maximum absolute atomic E-state index is 13.1. The highest BCUT2D eigenvalue weighted by atomic mass is 16.5. The van der Waals surface area contributed by atoms with Crippen molar-refractivity contribution in [1.29, 1.82) is 0 Å². The number of carbonyl (C=O) groups excluding carboxylic acids is 1. The first-order chi connectivity index (χ1) is 15.0. The van der Waals surface area contributed by atoms with Gasteiger partial charge in [0.05, 0.1) is 11.1 Å². The van der Waals surface area contributed by atoms with Gasteiger partial charge in [-0.25, -0.2) is 0 Å². The number of para-hydroxylation sites is 1. The second-order valence-electron chi connectivity index (χ2n) is 8.75. The number of hydrogen-bond donors (Lipinski definition) is 1. The Hall–Kier alpha value is -3.05. The monoisotopic (exact) mass is 416 g/mol. The lowest BCUT2D eigenvalue weighted by molar-refractivity contribution is 0.101. The third-order valence-electron chi connectivity index (χ3n) is 6.49. The van der Waals surface area contributed by atoms with E-state index in [4.69, 9.17) is 4.74 Å². The molecule has 5 nitrogen and oxygen atoms in total. The van der Waals surface area contributed by atoms with Gasteiger partial charge in [0.1, 0.15) is 11.5 Å². The molecule has 2 aliphatic rings. The van der Waals surface area contributed by atoms with E-state index in [1.807, 2.05) is 18.2 Å². The van der Waals surface area contributed by atoms with Gasteiger partial charge >= 0.3 is 0 Å². The van der Waals surface area contributed by atoms with Crippen LogP contribution < -0.4 is 4.74 Å². The van der Waals surface area contributed by atoms with Gasteiger partial charge in [-0.3, -0.25) is 9.69 Å². The molecule has 0 aliphatic carbocycles. The number of nitrogens with zero attached hydrogens (tertiary/aromatic N) is 2. The summed E-state index contributed by atoms with van der Waals surface area (Å²) in [5.74, 6) is 1.52. The van der Waals surface area contributed by atoms with Gasteiger partial charge in [0.25, 0.3) is 0 Å². The average molecular weight is 417 g/mol. The molecule has 5 rings (SSSR count). The summed E-state index contributed by atoms with van der Waals surface area (Å²) in [7, 11) is 0. The summed E-state index contributed by atoms with van der Waals surface area (Å²) in [6.07, 6.45) is 6.29. The fourth-order valence-electron chi connectivity index (χ4n) is 4.90. The first kappa shape index (κ1) is 19.9. The molecule has 0 radical (unpaired) electrons. The van der Waals surface area contributed by atoms with Gasteiger partial charge in [0.15, 0.2) is 5.76 Å². The van der Waals surface area contributed by atoms with Crippen molar-refractivity contribution >= 4 is 22.8 Å². The molecule has 5 heteroatoms. The first-order valence-corrected chi connectivity index (χ1v) is 11.1. The van der Waals surface area contributed by atoms with Gasteiger partial charge in [0, 0.05) is 42.3 Å². The van der Waals surface area contributed by atoms with E-state index in [1.54, 1.807) is 12.1 Å². The lowest BCUT2D eigenvalue weighted by Crippen LogP contribution is -2.33. The van der Waals surface area contributed by atoms with Gasteiger partial charge < -0.3 is 14.4 Å². The van der Waals surface area contributed by atoms with Crippen LogP contribution in [0.2, 0.25) is 0 Å². The minimum atomic E-state index is -0.128. The fraction of sp³-hybridized carbons (Fsp3) is 0.346. The molecule has 2 aliphatic heterocycles. The number of benzene rings is 2. The van der Waals surface area contributed by atoms with Crippen molar-refractivity contribution < 1.29 is 14.6 Å². The summed E-state index contributed by atoms with van der Waals surface area (Å²) >= 11 is 0. The highest BCUT2D eigenvalue weighted by Gasteiger charge is 2.32. The number of ether oxygens (including phenoxy) is 1. The molecule has 0 saturated carbocycles. The SMILES string of the molecule is CCn1cc(/C=C2/Oc3c(ccc(O)c3CN3CCC[C@@H](C)C3)C2=O)c2ccccc21. The number of rotatable bonds is 4. The molecule has 0 spiro atoms. The third-order valence-corrected chi connectivity index (χ3v) is 6.49. The van der Waals surface area contributed by atoms with Crippen LogP contribution in [0.5, 0.6) is 11.5 Å². The van der Waals surface area contributed by atoms with E-state index in [0.29, 0.717) is 35.1 Å². The van der Waals surface area contributed by atoms with Gasteiger partial charge in [-0.05, 0) is 56.5 Å². The number of carbonyl (C=O) groups is 1. The van der Waals surface area contributed by atoms with E-state index in [-0.39, 0.29) is 11.5 Å². The van der Waals surface area contributed by atoms with Crippen molar-refractivity contribution in [3.63, 3.8) is 0 Å². The van der Waals surface area contributed by atoms with Crippen LogP contribution in [-0.2, 0) is 13.1 Å². The Balaban J connectivity index is 1.50. The van der Waals surface area contributed by atoms with Crippen LogP contribution >= 0.6 is 0 Å². The molecule has 1 N–H and O–H groups in total. The number of likely N-dealkylation sites (tertiary alicyclic amines) is 1. The van der Waals surface area contributed by atoms with Gasteiger partial charge in [-0.15, -0.1) is 0 Å². The number of hydrogen-bond acceptors (Lipinski definition) is 4. The topological polar surface area (TPSA) is 54.7 Å². The van der Waals surface area contributed by atoms with E-state index >= 15 is 0 Å². The summed E-state index contributed by atoms with van der Waals surface area (Å²) < 4.78 is 8.28. The first-order valence-electron chi connectivity index (χ1n) is 11.1. The van der Waals surface area contributed by atoms with E-state index in [2.05, 4.69) is 41.6 Å². The van der Waals surface area contributed by atoms with Crippen LogP contribution in [0.15, 0.2) is 48.4 Å². The van der Waals surface area contributed by atoms with Crippen molar-refractivity contribution in [2.45, 2.75) is 39.8 Å². The highest BCUT2D eigenvalue weighted by molar-refractivity contribution is 6.15. The number of phenols is 1. The maximum Gasteiger partial charge on any atom is 0.231 e. The smallest absolute Gasteiger partial charge is 0.231 e. The molecule has 1 saturated heterocycles. The predicted molar refractivity (Wildman–Crippen MR) is 122 cm³/mol. The van der Waals surface area contributed by atoms with E-state index < -0.39 is 0 Å². The molecule has 0 amide bonds. The molecular formula is C26H28N2O3. The summed E-state index contributed by atoms with van der Waals surface area (Å²) in [5.41, 5.74) is 3.34. The molecule has 1 atom stereocenters. The van der Waals surface area contributed by atoms with Crippen LogP contribution in [0, 0.1) is 5.92 Å². The quantitative estimate of drug-likeness (QED) is 0.593. The number of aromatic nitrogens is 1. The minimum absolute atomic E-state index is 0.128. The molecule has 0 unspecified atom stereocenters. The maximum atomic E-state index is 13.1. The Labute approximate surface area is 182 Å². The third kappa shape index (κ3) is 3.53. The number of ketones is 1. The summed E-state index contributed by atoms with van der Waals surface area (Å²) in [6.45, 7) is 7.80. The Kier molecular flexibility index (Phi) is 5.06. The zero-order valence-corrected chi connectivity index (χ0v) is 18.1. The lowest BCUT2D eigenvalue weighted by Gasteiger charge is -2.31. The second kappa shape index (κ2) is 7.89. The zero-order chi connectivity index (χ0) is 21.5. The summed E-state index contributed by atoms with van der Waals surface area (Å²) in [5, 5.41) is 11.7. The summed E-state index contributed by atoms with van der Waals surface area (Å²) in [4.78, 5) is 15.5. The fourth-order valence-corrected chi connectivity index (χ4v) is 4.90. The largest absolute Gasteiger partial charge is 0.507 e. The Morgan fingerprint density at radius 2 is 2.06 bits per heavy atom. The number of aryl methyl sites for hydroxylation is 1. The summed E-state index contributed by atoms with van der Waals surface area (Å²) in [6, 6.07) is 11.5. The van der Waals surface area contributed by atoms with Crippen LogP contribution in [0.1, 0.15) is 48.2 Å². The molecule has 1 fully saturated rings. The number of phenolic OH excluding ortho intramolecular Hbond substituents is 1. The molecule has 1 aromatic heterocycles. The molecular weight excluding hydrogens is 388 g/mol. The number of aromatic hydroxyl groups is 1. The van der Waals surface area contributed by atoms with Crippen LogP contribution in [0.25, 0.3) is 17.0 Å². The normalized spacial score (nSPS) is 20.4. The van der Waals surface area contributed by atoms with Crippen LogP contribution in [-0.4, -0.2) is 33.4 Å². The molecule has 0 bridgehead atoms. The van der Waals surface area contributed by atoms with Gasteiger partial charge in [-0.2, -0.15) is 0 Å². The van der Waals surface area contributed by atoms with Crippen molar-refractivity contribution in [2.75, 3.05) is 13.1 Å². The minimum Gasteiger partial charge on any atom is -0.507 e. The van der Waals surface area contributed by atoms with Crippen molar-refractivity contribution in [2.24, 2.45) is 5.92 Å². The Morgan fingerprint density at radius 3 is 2.87 bits per heavy atom. The predicted octanol–water partition coefficient (Wildman–Crippen LogP) is 5.21. The Bertz CT molecular complexity index is 1190. The molecule has 3 heterocycles. The van der Waals surface area contributed by atoms with E-state index in [0.717, 1.165) is 42.5 Å². The lowest BCUT2D eigenvalue weighted by atomic mass is 9.99. The molecule has 3 aromatic rings. The number of Topliss-reactive ketones (excluding diaryl/α,β-unsaturated/α-hetero) is 1. The Morgan fingerprint density at radius 1 is 1.23 bits per heavy atom. The van der Waals surface area contributed by atoms with E-state index in [9.17, 15) is 9.90 Å². The second-order valence-corrected chi connectivity index (χ2v) is 8.75. The van der Waals surface area contributed by atoms with Gasteiger partial charge in [-0.1, -0.05) is 25.1 Å². The van der Waals surface area contributed by atoms with Crippen LogP contribution in [0.3, 0.4) is 0 Å². The average Bonchev–Trinajstić information content (AvgIpc) is 3.28. The molecule has 2 aromatic carbocycles. The highest BCUT2D eigenvalue weighted by Crippen LogP contribution is 2.41. The number of allylic oxidation sites excluding steroid dienone is 1. The van der Waals surface area contributed by atoms with Crippen LogP contribution in [0.4, 0.5) is 0 Å². The molecule has 160 valence electrons. The van der Waals surface area contributed by atoms with Crippen molar-refractivity contribution in [3.8, 4) is 11.5 Å². The van der Waals surface area contributed by atoms with E-state index in [1.165, 1.54) is 6.42 Å².